The lowest BCUT2D eigenvalue weighted by Gasteiger charge is -2.23. The molecule has 0 aliphatic carbocycles. The normalized spacial score (nSPS) is 27.9. The number of nitrogens with zero attached hydrogens (tertiary/aromatic N) is 3. The van der Waals surface area contributed by atoms with Crippen molar-refractivity contribution in [3.8, 4) is 0 Å². The fraction of sp³-hybridized carbons (Fsp3) is 0.615. The predicted molar refractivity (Wildman–Crippen MR) is 72.4 cm³/mol. The number of carboxylic acids is 1. The molecule has 2 fully saturated rings. The van der Waals surface area contributed by atoms with Crippen molar-refractivity contribution in [3.05, 3.63) is 22.7 Å². The van der Waals surface area contributed by atoms with Crippen LogP contribution in [0.25, 0.3) is 0 Å². The molecule has 0 spiro atoms. The van der Waals surface area contributed by atoms with E-state index in [0.29, 0.717) is 19.8 Å². The Balaban J connectivity index is 1.94. The molecule has 0 radical (unpaired) electrons. The van der Waals surface area contributed by atoms with Crippen LogP contribution in [0.2, 0.25) is 0 Å². The quantitative estimate of drug-likeness (QED) is 0.775. The highest BCUT2D eigenvalue weighted by Gasteiger charge is 2.46. The lowest BCUT2D eigenvalue weighted by Crippen LogP contribution is -2.39. The van der Waals surface area contributed by atoms with Crippen molar-refractivity contribution in [1.82, 2.24) is 9.55 Å². The van der Waals surface area contributed by atoms with E-state index in [9.17, 15) is 9.59 Å². The summed E-state index contributed by atoms with van der Waals surface area (Å²) in [5.41, 5.74) is -0.401. The van der Waals surface area contributed by atoms with Crippen LogP contribution >= 0.6 is 0 Å². The van der Waals surface area contributed by atoms with Gasteiger partial charge in [-0.3, -0.25) is 14.2 Å². The highest BCUT2D eigenvalue weighted by Crippen LogP contribution is 2.33. The van der Waals surface area contributed by atoms with Crippen LogP contribution in [0.5, 0.6) is 0 Å². The van der Waals surface area contributed by atoms with Gasteiger partial charge < -0.3 is 19.5 Å². The fourth-order valence-electron chi connectivity index (χ4n) is 3.10. The van der Waals surface area contributed by atoms with Gasteiger partial charge >= 0.3 is 5.97 Å². The lowest BCUT2D eigenvalue weighted by molar-refractivity contribution is -0.137. The van der Waals surface area contributed by atoms with E-state index in [0.717, 1.165) is 4.57 Å². The molecule has 2 aliphatic rings. The second-order valence-corrected chi connectivity index (χ2v) is 5.27. The number of ether oxygens (including phenoxy) is 2. The average Bonchev–Trinajstić information content (AvgIpc) is 3.02. The average molecular weight is 295 g/mol. The number of aromatic nitrogens is 2. The predicted octanol–water partition coefficient (Wildman–Crippen LogP) is -0.822. The lowest BCUT2D eigenvalue weighted by atomic mass is 10.0. The Labute approximate surface area is 120 Å². The smallest absolute Gasteiger partial charge is 0.323 e. The minimum Gasteiger partial charge on any atom is -0.480 e. The molecule has 2 saturated heterocycles. The van der Waals surface area contributed by atoms with Crippen LogP contribution in [0.1, 0.15) is 0 Å². The van der Waals surface area contributed by atoms with E-state index in [4.69, 9.17) is 14.6 Å². The summed E-state index contributed by atoms with van der Waals surface area (Å²) in [4.78, 5) is 29.2. The number of hydrogen-bond acceptors (Lipinski definition) is 6. The van der Waals surface area contributed by atoms with Gasteiger partial charge in [0.15, 0.2) is 5.82 Å². The molecule has 114 valence electrons. The van der Waals surface area contributed by atoms with Gasteiger partial charge in [-0.15, -0.1) is 0 Å². The Morgan fingerprint density at radius 2 is 2.38 bits per heavy atom. The minimum absolute atomic E-state index is 0.00756. The van der Waals surface area contributed by atoms with Gasteiger partial charge in [0, 0.05) is 32.0 Å². The van der Waals surface area contributed by atoms with Crippen LogP contribution in [0, 0.1) is 5.92 Å². The van der Waals surface area contributed by atoms with Crippen molar-refractivity contribution in [2.24, 2.45) is 5.92 Å². The zero-order valence-corrected chi connectivity index (χ0v) is 11.6. The van der Waals surface area contributed by atoms with E-state index in [1.165, 1.54) is 12.4 Å². The number of carboxylic acid groups (broad SMARTS) is 1. The third kappa shape index (κ3) is 2.40. The summed E-state index contributed by atoms with van der Waals surface area (Å²) in [5.74, 6) is -0.587. The third-order valence-corrected chi connectivity index (χ3v) is 4.12. The van der Waals surface area contributed by atoms with Gasteiger partial charge in [-0.05, 0) is 0 Å². The number of fused-ring (bicyclic) bond motifs is 1. The van der Waals surface area contributed by atoms with E-state index >= 15 is 0 Å². The number of aliphatic carboxylic acids is 1. The van der Waals surface area contributed by atoms with E-state index in [1.54, 1.807) is 7.11 Å². The first-order valence-electron chi connectivity index (χ1n) is 6.76. The van der Waals surface area contributed by atoms with Crippen molar-refractivity contribution < 1.29 is 19.4 Å². The van der Waals surface area contributed by atoms with Crippen LogP contribution in [0.3, 0.4) is 0 Å². The van der Waals surface area contributed by atoms with Gasteiger partial charge in [-0.1, -0.05) is 0 Å². The van der Waals surface area contributed by atoms with Gasteiger partial charge in [-0.25, -0.2) is 4.98 Å². The SMILES string of the molecule is CO[C@@H]1CN(c2nccn(CC(=O)O)c2=O)[C@H]2COC[C@@H]12. The summed E-state index contributed by atoms with van der Waals surface area (Å²) in [6, 6.07) is 0.0517. The van der Waals surface area contributed by atoms with Gasteiger partial charge in [0.1, 0.15) is 6.54 Å². The zero-order chi connectivity index (χ0) is 15.0. The highest BCUT2D eigenvalue weighted by molar-refractivity contribution is 5.66. The van der Waals surface area contributed by atoms with E-state index < -0.39 is 11.5 Å². The Morgan fingerprint density at radius 1 is 1.57 bits per heavy atom. The molecule has 3 atom stereocenters. The Morgan fingerprint density at radius 3 is 3.10 bits per heavy atom. The first-order chi connectivity index (χ1) is 10.1. The first kappa shape index (κ1) is 14.0. The Hall–Kier alpha value is -1.93. The maximum atomic E-state index is 12.4. The van der Waals surface area contributed by atoms with Crippen LogP contribution < -0.4 is 10.5 Å². The molecular weight excluding hydrogens is 278 g/mol. The summed E-state index contributed by atoms with van der Waals surface area (Å²) in [7, 11) is 1.64. The number of methoxy groups -OCH3 is 1. The molecule has 21 heavy (non-hydrogen) atoms. The second-order valence-electron chi connectivity index (χ2n) is 5.27. The molecule has 0 bridgehead atoms. The summed E-state index contributed by atoms with van der Waals surface area (Å²) in [5, 5.41) is 8.84. The van der Waals surface area contributed by atoms with Gasteiger partial charge in [0.05, 0.1) is 25.4 Å². The molecular formula is C13H17N3O5. The van der Waals surface area contributed by atoms with E-state index in [1.807, 2.05) is 4.90 Å². The van der Waals surface area contributed by atoms with Crippen molar-refractivity contribution in [1.29, 1.82) is 0 Å². The Bertz CT molecular complexity index is 602. The molecule has 1 aromatic heterocycles. The molecule has 3 heterocycles. The van der Waals surface area contributed by atoms with Crippen molar-refractivity contribution in [2.45, 2.75) is 18.7 Å². The van der Waals surface area contributed by atoms with Crippen LogP contribution in [-0.2, 0) is 20.8 Å². The highest BCUT2D eigenvalue weighted by atomic mass is 16.5. The topological polar surface area (TPSA) is 93.9 Å². The summed E-state index contributed by atoms with van der Waals surface area (Å²) in [6.07, 6.45) is 2.82. The molecule has 0 unspecified atom stereocenters. The largest absolute Gasteiger partial charge is 0.480 e. The van der Waals surface area contributed by atoms with Crippen LogP contribution in [0.15, 0.2) is 17.2 Å². The van der Waals surface area contributed by atoms with Gasteiger partial charge in [0.2, 0.25) is 0 Å². The van der Waals surface area contributed by atoms with Crippen LogP contribution in [-0.4, -0.2) is 59.6 Å². The maximum absolute atomic E-state index is 12.4. The van der Waals surface area contributed by atoms with E-state index in [2.05, 4.69) is 4.98 Å². The maximum Gasteiger partial charge on any atom is 0.323 e. The number of carbonyl (C=O) groups is 1. The molecule has 0 saturated carbocycles. The molecule has 8 heteroatoms. The molecule has 0 amide bonds. The summed E-state index contributed by atoms with van der Waals surface area (Å²) < 4.78 is 12.1. The standard InChI is InChI=1S/C13H17N3O5/c1-20-10-4-16(9-7-21-6-8(9)10)12-13(19)15(3-2-14-12)5-11(17)18/h2-3,8-10H,4-7H2,1H3,(H,17,18)/t8-,9+,10-/m1/s1. The minimum atomic E-state index is -1.06. The van der Waals surface area contributed by atoms with Crippen molar-refractivity contribution >= 4 is 11.8 Å². The molecule has 1 aromatic rings. The second kappa shape index (κ2) is 5.45. The number of anilines is 1. The number of rotatable bonds is 4. The summed E-state index contributed by atoms with van der Waals surface area (Å²) in [6.45, 7) is 1.32. The van der Waals surface area contributed by atoms with Crippen molar-refractivity contribution in [2.75, 3.05) is 31.8 Å². The van der Waals surface area contributed by atoms with Crippen molar-refractivity contribution in [3.63, 3.8) is 0 Å². The zero-order valence-electron chi connectivity index (χ0n) is 11.6. The summed E-state index contributed by atoms with van der Waals surface area (Å²) >= 11 is 0. The molecule has 0 aromatic carbocycles. The Kier molecular flexibility index (Phi) is 3.64. The van der Waals surface area contributed by atoms with Gasteiger partial charge in [-0.2, -0.15) is 0 Å². The first-order valence-corrected chi connectivity index (χ1v) is 6.76. The van der Waals surface area contributed by atoms with Gasteiger partial charge in [0.25, 0.3) is 5.56 Å². The van der Waals surface area contributed by atoms with Crippen LogP contribution in [0.4, 0.5) is 5.82 Å². The molecule has 3 rings (SSSR count). The fourth-order valence-corrected chi connectivity index (χ4v) is 3.10. The number of hydrogen-bond donors (Lipinski definition) is 1. The third-order valence-electron chi connectivity index (χ3n) is 4.12. The molecule has 1 N–H and O–H groups in total. The monoisotopic (exact) mass is 295 g/mol. The molecule has 2 aliphatic heterocycles. The van der Waals surface area contributed by atoms with E-state index in [-0.39, 0.29) is 30.4 Å². The molecule has 8 nitrogen and oxygen atoms in total.